The number of hydrogen-bond acceptors (Lipinski definition) is 5. The third-order valence-electron chi connectivity index (χ3n) is 3.44. The number of ether oxygens (including phenoxy) is 3. The second-order valence-corrected chi connectivity index (χ2v) is 5.54. The molecule has 2 aromatic rings. The lowest BCUT2D eigenvalue weighted by molar-refractivity contribution is -0.124. The third-order valence-corrected chi connectivity index (χ3v) is 3.77. The summed E-state index contributed by atoms with van der Waals surface area (Å²) in [4.78, 5) is 23.8. The molecule has 0 unspecified atom stereocenters. The average molecular weight is 382 g/mol. The molecule has 1 N–H and O–H groups in total. The standard InChI is InChI=1S/C18H17ClFNO5/c1-24-15-5-3-4-11(17(15)25-2)9-21-16(22)10-26-18(23)13-8-12(20)6-7-14(13)19/h3-8H,9-10H2,1-2H3,(H,21,22). The summed E-state index contributed by atoms with van der Waals surface area (Å²) in [5, 5.41) is 2.64. The van der Waals surface area contributed by atoms with Crippen LogP contribution in [0.25, 0.3) is 0 Å². The van der Waals surface area contributed by atoms with E-state index in [-0.39, 0.29) is 17.1 Å². The van der Waals surface area contributed by atoms with Gasteiger partial charge in [-0.15, -0.1) is 0 Å². The third kappa shape index (κ3) is 4.86. The molecule has 0 aliphatic rings. The minimum Gasteiger partial charge on any atom is -0.493 e. The van der Waals surface area contributed by atoms with Gasteiger partial charge < -0.3 is 19.5 Å². The maximum absolute atomic E-state index is 13.2. The van der Waals surface area contributed by atoms with E-state index in [1.54, 1.807) is 18.2 Å². The molecule has 0 fully saturated rings. The molecule has 6 nitrogen and oxygen atoms in total. The number of rotatable bonds is 7. The van der Waals surface area contributed by atoms with E-state index in [0.29, 0.717) is 17.1 Å². The molecule has 0 aliphatic carbocycles. The first-order chi connectivity index (χ1) is 12.5. The van der Waals surface area contributed by atoms with Crippen LogP contribution in [0.15, 0.2) is 36.4 Å². The predicted molar refractivity (Wildman–Crippen MR) is 93.1 cm³/mol. The summed E-state index contributed by atoms with van der Waals surface area (Å²) in [6.07, 6.45) is 0. The fourth-order valence-corrected chi connectivity index (χ4v) is 2.40. The predicted octanol–water partition coefficient (Wildman–Crippen LogP) is 2.97. The van der Waals surface area contributed by atoms with Crippen molar-refractivity contribution in [1.82, 2.24) is 5.32 Å². The minimum atomic E-state index is -0.886. The van der Waals surface area contributed by atoms with Crippen LogP contribution in [-0.4, -0.2) is 32.7 Å². The van der Waals surface area contributed by atoms with Gasteiger partial charge in [0.1, 0.15) is 5.82 Å². The number of nitrogens with one attached hydrogen (secondary N) is 1. The largest absolute Gasteiger partial charge is 0.493 e. The molecule has 0 bridgehead atoms. The van der Waals surface area contributed by atoms with Gasteiger partial charge in [-0.25, -0.2) is 9.18 Å². The van der Waals surface area contributed by atoms with Crippen molar-refractivity contribution >= 4 is 23.5 Å². The zero-order valence-corrected chi connectivity index (χ0v) is 14.9. The smallest absolute Gasteiger partial charge is 0.340 e. The Bertz CT molecular complexity index is 812. The van der Waals surface area contributed by atoms with Crippen molar-refractivity contribution in [2.45, 2.75) is 6.54 Å². The van der Waals surface area contributed by atoms with Crippen molar-refractivity contribution in [2.24, 2.45) is 0 Å². The molecule has 0 saturated carbocycles. The van der Waals surface area contributed by atoms with E-state index in [2.05, 4.69) is 5.32 Å². The van der Waals surface area contributed by atoms with Gasteiger partial charge >= 0.3 is 5.97 Å². The Balaban J connectivity index is 1.92. The number of hydrogen-bond donors (Lipinski definition) is 1. The maximum Gasteiger partial charge on any atom is 0.340 e. The van der Waals surface area contributed by atoms with Crippen molar-refractivity contribution in [3.63, 3.8) is 0 Å². The number of methoxy groups -OCH3 is 2. The van der Waals surface area contributed by atoms with Crippen LogP contribution in [0.4, 0.5) is 4.39 Å². The Morgan fingerprint density at radius 1 is 1.15 bits per heavy atom. The number of para-hydroxylation sites is 1. The summed E-state index contributed by atoms with van der Waals surface area (Å²) in [6, 6.07) is 8.56. The molecule has 0 saturated heterocycles. The fraction of sp³-hybridized carbons (Fsp3) is 0.222. The highest BCUT2D eigenvalue weighted by Crippen LogP contribution is 2.30. The molecule has 0 aromatic heterocycles. The van der Waals surface area contributed by atoms with Gasteiger partial charge in [0.15, 0.2) is 18.1 Å². The molecule has 2 rings (SSSR count). The van der Waals surface area contributed by atoms with Gasteiger partial charge in [-0.05, 0) is 24.3 Å². The number of carbonyl (C=O) groups is 2. The zero-order chi connectivity index (χ0) is 19.1. The van der Waals surface area contributed by atoms with Gasteiger partial charge in [-0.3, -0.25) is 4.79 Å². The normalized spacial score (nSPS) is 10.2. The highest BCUT2D eigenvalue weighted by molar-refractivity contribution is 6.33. The minimum absolute atomic E-state index is 0.0397. The van der Waals surface area contributed by atoms with Crippen molar-refractivity contribution < 1.29 is 28.2 Å². The Morgan fingerprint density at radius 2 is 1.92 bits per heavy atom. The van der Waals surface area contributed by atoms with Gasteiger partial charge in [0, 0.05) is 12.1 Å². The second kappa shape index (κ2) is 9.05. The molecular formula is C18H17ClFNO5. The van der Waals surface area contributed by atoms with Gasteiger partial charge in [0.05, 0.1) is 24.8 Å². The van der Waals surface area contributed by atoms with Crippen molar-refractivity contribution in [3.8, 4) is 11.5 Å². The Labute approximate surface area is 154 Å². The molecule has 2 aromatic carbocycles. The van der Waals surface area contributed by atoms with Crippen molar-refractivity contribution in [2.75, 3.05) is 20.8 Å². The van der Waals surface area contributed by atoms with E-state index in [1.807, 2.05) is 0 Å². The summed E-state index contributed by atoms with van der Waals surface area (Å²) in [5.41, 5.74) is 0.550. The van der Waals surface area contributed by atoms with Gasteiger partial charge in [-0.1, -0.05) is 23.7 Å². The van der Waals surface area contributed by atoms with Crippen LogP contribution in [-0.2, 0) is 16.1 Å². The summed E-state index contributed by atoms with van der Waals surface area (Å²) in [7, 11) is 3.00. The van der Waals surface area contributed by atoms with Crippen LogP contribution in [0.5, 0.6) is 11.5 Å². The molecule has 138 valence electrons. The molecule has 8 heteroatoms. The molecule has 0 aliphatic heterocycles. The van der Waals surface area contributed by atoms with Crippen molar-refractivity contribution in [1.29, 1.82) is 0 Å². The molecule has 26 heavy (non-hydrogen) atoms. The van der Waals surface area contributed by atoms with Crippen molar-refractivity contribution in [3.05, 3.63) is 58.4 Å². The van der Waals surface area contributed by atoms with E-state index in [9.17, 15) is 14.0 Å². The monoisotopic (exact) mass is 381 g/mol. The molecule has 1 amide bonds. The van der Waals surface area contributed by atoms with Gasteiger partial charge in [0.2, 0.25) is 0 Å². The van der Waals surface area contributed by atoms with E-state index in [4.69, 9.17) is 25.8 Å². The first kappa shape index (κ1) is 19.5. The molecule has 0 spiro atoms. The number of amides is 1. The lowest BCUT2D eigenvalue weighted by atomic mass is 10.2. The lowest BCUT2D eigenvalue weighted by Gasteiger charge is -2.13. The van der Waals surface area contributed by atoms with Crippen LogP contribution in [0.2, 0.25) is 5.02 Å². The number of carbonyl (C=O) groups excluding carboxylic acids is 2. The summed E-state index contributed by atoms with van der Waals surface area (Å²) >= 11 is 5.82. The Hall–Kier alpha value is -2.80. The first-order valence-corrected chi connectivity index (χ1v) is 7.92. The van der Waals surface area contributed by atoms with E-state index >= 15 is 0 Å². The SMILES string of the molecule is COc1cccc(CNC(=O)COC(=O)c2cc(F)ccc2Cl)c1OC. The highest BCUT2D eigenvalue weighted by atomic mass is 35.5. The van der Waals surface area contributed by atoms with Gasteiger partial charge in [-0.2, -0.15) is 0 Å². The number of halogens is 2. The van der Waals surface area contributed by atoms with E-state index in [0.717, 1.165) is 12.1 Å². The van der Waals surface area contributed by atoms with E-state index < -0.39 is 24.3 Å². The van der Waals surface area contributed by atoms with Crippen LogP contribution in [0.1, 0.15) is 15.9 Å². The Morgan fingerprint density at radius 3 is 2.62 bits per heavy atom. The second-order valence-electron chi connectivity index (χ2n) is 5.13. The summed E-state index contributed by atoms with van der Waals surface area (Å²) in [6.45, 7) is -0.380. The molecule has 0 atom stereocenters. The van der Waals surface area contributed by atoms with Gasteiger partial charge in [0.25, 0.3) is 5.91 Å². The lowest BCUT2D eigenvalue weighted by Crippen LogP contribution is -2.28. The summed E-state index contributed by atoms with van der Waals surface area (Å²) < 4.78 is 28.5. The topological polar surface area (TPSA) is 73.9 Å². The van der Waals surface area contributed by atoms with Crippen LogP contribution >= 0.6 is 11.6 Å². The molecule has 0 heterocycles. The first-order valence-electron chi connectivity index (χ1n) is 7.55. The number of benzene rings is 2. The summed E-state index contributed by atoms with van der Waals surface area (Å²) in [5.74, 6) is -1.01. The zero-order valence-electron chi connectivity index (χ0n) is 14.2. The average Bonchev–Trinajstić information content (AvgIpc) is 2.65. The van der Waals surface area contributed by atoms with Crippen LogP contribution in [0.3, 0.4) is 0 Å². The quantitative estimate of drug-likeness (QED) is 0.746. The maximum atomic E-state index is 13.2. The Kier molecular flexibility index (Phi) is 6.80. The van der Waals surface area contributed by atoms with E-state index in [1.165, 1.54) is 20.3 Å². The number of esters is 1. The highest BCUT2D eigenvalue weighted by Gasteiger charge is 2.15. The van der Waals surface area contributed by atoms with Crippen LogP contribution < -0.4 is 14.8 Å². The molecule has 0 radical (unpaired) electrons. The molecular weight excluding hydrogens is 365 g/mol. The van der Waals surface area contributed by atoms with Crippen LogP contribution in [0, 0.1) is 5.82 Å². The fourth-order valence-electron chi connectivity index (χ4n) is 2.20.